The van der Waals surface area contributed by atoms with Crippen LogP contribution in [0.4, 0.5) is 0 Å². The zero-order valence-electron chi connectivity index (χ0n) is 12.2. The molecular weight excluding hydrogens is 238 g/mol. The second kappa shape index (κ2) is 6.80. The van der Waals surface area contributed by atoms with Gasteiger partial charge in [-0.2, -0.15) is 0 Å². The molecule has 1 heterocycles. The molecule has 3 heteroatoms. The van der Waals surface area contributed by atoms with Crippen molar-refractivity contribution in [2.75, 3.05) is 20.3 Å². The lowest BCUT2D eigenvalue weighted by Gasteiger charge is -2.18. The van der Waals surface area contributed by atoms with Gasteiger partial charge in [0.2, 0.25) is 0 Å². The van der Waals surface area contributed by atoms with Crippen LogP contribution in [0.2, 0.25) is 0 Å². The number of hydrogen-bond donors (Lipinski definition) is 1. The summed E-state index contributed by atoms with van der Waals surface area (Å²) < 4.78 is 11.6. The van der Waals surface area contributed by atoms with Crippen molar-refractivity contribution in [2.24, 2.45) is 5.92 Å². The van der Waals surface area contributed by atoms with Gasteiger partial charge in [-0.15, -0.1) is 0 Å². The van der Waals surface area contributed by atoms with Crippen molar-refractivity contribution in [1.29, 1.82) is 0 Å². The fourth-order valence-corrected chi connectivity index (χ4v) is 2.37. The largest absolute Gasteiger partial charge is 0.489 e. The molecule has 0 fully saturated rings. The van der Waals surface area contributed by atoms with E-state index in [4.69, 9.17) is 9.47 Å². The number of ether oxygens (including phenoxy) is 2. The molecule has 0 radical (unpaired) electrons. The van der Waals surface area contributed by atoms with Crippen LogP contribution in [0.3, 0.4) is 0 Å². The molecule has 0 saturated carbocycles. The summed E-state index contributed by atoms with van der Waals surface area (Å²) in [4.78, 5) is 0. The van der Waals surface area contributed by atoms with Crippen LogP contribution < -0.4 is 14.8 Å². The minimum Gasteiger partial charge on any atom is -0.489 e. The Balaban J connectivity index is 2.15. The summed E-state index contributed by atoms with van der Waals surface area (Å²) >= 11 is 0. The number of fused-ring (bicyclic) bond motifs is 1. The van der Waals surface area contributed by atoms with E-state index in [9.17, 15) is 0 Å². The van der Waals surface area contributed by atoms with Crippen LogP contribution >= 0.6 is 0 Å². The Bertz CT molecular complexity index is 406. The van der Waals surface area contributed by atoms with Crippen molar-refractivity contribution < 1.29 is 9.47 Å². The molecule has 2 unspecified atom stereocenters. The maximum Gasteiger partial charge on any atom is 0.161 e. The van der Waals surface area contributed by atoms with Crippen LogP contribution in [0.15, 0.2) is 18.2 Å². The number of nitrogens with one attached hydrogen (secondary N) is 1. The lowest BCUT2D eigenvalue weighted by Crippen LogP contribution is -2.16. The maximum absolute atomic E-state index is 5.85. The Morgan fingerprint density at radius 3 is 2.68 bits per heavy atom. The first-order valence-corrected chi connectivity index (χ1v) is 7.31. The van der Waals surface area contributed by atoms with Gasteiger partial charge in [-0.25, -0.2) is 0 Å². The van der Waals surface area contributed by atoms with Crippen molar-refractivity contribution in [3.05, 3.63) is 23.8 Å². The van der Waals surface area contributed by atoms with Crippen LogP contribution in [-0.4, -0.2) is 20.3 Å². The van der Waals surface area contributed by atoms with E-state index >= 15 is 0 Å². The third-order valence-electron chi connectivity index (χ3n) is 3.61. The molecule has 19 heavy (non-hydrogen) atoms. The van der Waals surface area contributed by atoms with E-state index in [1.807, 2.05) is 13.1 Å². The van der Waals surface area contributed by atoms with Crippen LogP contribution in [0.1, 0.15) is 44.7 Å². The summed E-state index contributed by atoms with van der Waals surface area (Å²) in [5, 5.41) is 3.39. The van der Waals surface area contributed by atoms with E-state index < -0.39 is 0 Å². The molecule has 0 saturated heterocycles. The zero-order valence-corrected chi connectivity index (χ0v) is 12.2. The lowest BCUT2D eigenvalue weighted by molar-refractivity contribution is 0.228. The van der Waals surface area contributed by atoms with E-state index in [1.165, 1.54) is 18.4 Å². The summed E-state index contributed by atoms with van der Waals surface area (Å²) in [7, 11) is 2.02. The highest BCUT2D eigenvalue weighted by atomic mass is 16.5. The van der Waals surface area contributed by atoms with Gasteiger partial charge in [-0.05, 0) is 31.2 Å². The minimum absolute atomic E-state index is 0.398. The molecule has 0 aromatic heterocycles. The molecule has 0 bridgehead atoms. The second-order valence-corrected chi connectivity index (χ2v) is 5.42. The Morgan fingerprint density at radius 1 is 1.26 bits per heavy atom. The average molecular weight is 263 g/mol. The first-order chi connectivity index (χ1) is 9.24. The van der Waals surface area contributed by atoms with Crippen LogP contribution in [0.5, 0.6) is 11.5 Å². The summed E-state index contributed by atoms with van der Waals surface area (Å²) in [5.74, 6) is 2.20. The number of benzene rings is 1. The van der Waals surface area contributed by atoms with Crippen LogP contribution in [0.25, 0.3) is 0 Å². The van der Waals surface area contributed by atoms with Crippen molar-refractivity contribution >= 4 is 0 Å². The van der Waals surface area contributed by atoms with Crippen LogP contribution in [0, 0.1) is 5.92 Å². The average Bonchev–Trinajstić information content (AvgIpc) is 2.62. The molecule has 3 nitrogen and oxygen atoms in total. The molecule has 1 aromatic carbocycles. The number of rotatable bonds is 5. The van der Waals surface area contributed by atoms with E-state index in [-0.39, 0.29) is 0 Å². The number of hydrogen-bond acceptors (Lipinski definition) is 3. The molecular formula is C16H25NO2. The van der Waals surface area contributed by atoms with Gasteiger partial charge in [-0.1, -0.05) is 32.8 Å². The summed E-state index contributed by atoms with van der Waals surface area (Å²) in [6.45, 7) is 5.83. The SMILES string of the molecule is CCCCC(NC)c1ccc2c(c1)OCC(C)CO2. The predicted octanol–water partition coefficient (Wildman–Crippen LogP) is 3.54. The smallest absolute Gasteiger partial charge is 0.161 e. The summed E-state index contributed by atoms with van der Waals surface area (Å²) in [6, 6.07) is 6.72. The molecule has 0 amide bonds. The van der Waals surface area contributed by atoms with Crippen molar-refractivity contribution in [2.45, 2.75) is 39.2 Å². The van der Waals surface area contributed by atoms with E-state index in [0.29, 0.717) is 12.0 Å². The molecule has 1 aliphatic rings. The topological polar surface area (TPSA) is 30.5 Å². The first kappa shape index (κ1) is 14.2. The first-order valence-electron chi connectivity index (χ1n) is 7.31. The fourth-order valence-electron chi connectivity index (χ4n) is 2.37. The fraction of sp³-hybridized carbons (Fsp3) is 0.625. The zero-order chi connectivity index (χ0) is 13.7. The van der Waals surface area contributed by atoms with Gasteiger partial charge in [-0.3, -0.25) is 0 Å². The molecule has 1 N–H and O–H groups in total. The molecule has 1 aliphatic heterocycles. The highest BCUT2D eigenvalue weighted by Crippen LogP contribution is 2.34. The molecule has 106 valence electrons. The molecule has 0 spiro atoms. The normalized spacial score (nSPS) is 19.8. The van der Waals surface area contributed by atoms with Gasteiger partial charge in [0, 0.05) is 12.0 Å². The highest BCUT2D eigenvalue weighted by molar-refractivity contribution is 5.44. The standard InChI is InChI=1S/C16H25NO2/c1-4-5-6-14(17-3)13-7-8-15-16(9-13)19-11-12(2)10-18-15/h7-9,12,14,17H,4-6,10-11H2,1-3H3. The van der Waals surface area contributed by atoms with Crippen molar-refractivity contribution in [3.63, 3.8) is 0 Å². The van der Waals surface area contributed by atoms with Gasteiger partial charge >= 0.3 is 0 Å². The maximum atomic E-state index is 5.85. The van der Waals surface area contributed by atoms with E-state index in [2.05, 4.69) is 31.3 Å². The van der Waals surface area contributed by atoms with Crippen LogP contribution in [-0.2, 0) is 0 Å². The third-order valence-corrected chi connectivity index (χ3v) is 3.61. The highest BCUT2D eigenvalue weighted by Gasteiger charge is 2.17. The van der Waals surface area contributed by atoms with Crippen molar-refractivity contribution in [1.82, 2.24) is 5.32 Å². The van der Waals surface area contributed by atoms with Gasteiger partial charge in [0.25, 0.3) is 0 Å². The Labute approximate surface area is 116 Å². The quantitative estimate of drug-likeness (QED) is 0.881. The van der Waals surface area contributed by atoms with Gasteiger partial charge in [0.15, 0.2) is 11.5 Å². The van der Waals surface area contributed by atoms with Gasteiger partial charge in [0.05, 0.1) is 13.2 Å². The Hall–Kier alpha value is -1.22. The van der Waals surface area contributed by atoms with Crippen molar-refractivity contribution in [3.8, 4) is 11.5 Å². The minimum atomic E-state index is 0.398. The van der Waals surface area contributed by atoms with E-state index in [1.54, 1.807) is 0 Å². The van der Waals surface area contributed by atoms with Gasteiger partial charge in [0.1, 0.15) is 0 Å². The molecule has 2 rings (SSSR count). The summed E-state index contributed by atoms with van der Waals surface area (Å²) in [5.41, 5.74) is 1.29. The third kappa shape index (κ3) is 3.63. The summed E-state index contributed by atoms with van der Waals surface area (Å²) in [6.07, 6.45) is 3.61. The monoisotopic (exact) mass is 263 g/mol. The van der Waals surface area contributed by atoms with Gasteiger partial charge < -0.3 is 14.8 Å². The number of unbranched alkanes of at least 4 members (excludes halogenated alkanes) is 1. The Kier molecular flexibility index (Phi) is 5.08. The molecule has 1 aromatic rings. The molecule has 0 aliphatic carbocycles. The predicted molar refractivity (Wildman–Crippen MR) is 77.9 cm³/mol. The molecule has 2 atom stereocenters. The van der Waals surface area contributed by atoms with E-state index in [0.717, 1.165) is 31.1 Å². The second-order valence-electron chi connectivity index (χ2n) is 5.42. The Morgan fingerprint density at radius 2 is 2.00 bits per heavy atom. The lowest BCUT2D eigenvalue weighted by atomic mass is 10.0.